The van der Waals surface area contributed by atoms with Gasteiger partial charge in [-0.2, -0.15) is 0 Å². The fourth-order valence-electron chi connectivity index (χ4n) is 2.50. The van der Waals surface area contributed by atoms with Crippen molar-refractivity contribution in [3.63, 3.8) is 0 Å². The first-order valence-corrected chi connectivity index (χ1v) is 9.34. The molecule has 2 amide bonds. The van der Waals surface area contributed by atoms with Gasteiger partial charge in [-0.05, 0) is 20.9 Å². The fourth-order valence-corrected chi connectivity index (χ4v) is 3.80. The molecule has 0 saturated carbocycles. The van der Waals surface area contributed by atoms with Crippen LogP contribution in [-0.4, -0.2) is 81.5 Å². The first kappa shape index (κ1) is 19.3. The van der Waals surface area contributed by atoms with Gasteiger partial charge in [0.25, 0.3) is 0 Å². The number of rotatable bonds is 6. The van der Waals surface area contributed by atoms with Crippen molar-refractivity contribution in [1.82, 2.24) is 25.0 Å². The highest BCUT2D eigenvalue weighted by Crippen LogP contribution is 2.18. The molecule has 1 aromatic rings. The second-order valence-electron chi connectivity index (χ2n) is 5.94. The Morgan fingerprint density at radius 2 is 1.80 bits per heavy atom. The smallest absolute Gasteiger partial charge is 0.246 e. The van der Waals surface area contributed by atoms with Crippen LogP contribution in [-0.2, 0) is 19.6 Å². The van der Waals surface area contributed by atoms with Crippen molar-refractivity contribution in [3.05, 3.63) is 11.5 Å². The Morgan fingerprint density at radius 3 is 2.36 bits per heavy atom. The van der Waals surface area contributed by atoms with Gasteiger partial charge in [-0.3, -0.25) is 9.59 Å². The van der Waals surface area contributed by atoms with Crippen molar-refractivity contribution in [2.45, 2.75) is 18.7 Å². The molecule has 1 fully saturated rings. The summed E-state index contributed by atoms with van der Waals surface area (Å²) in [7, 11) is -1.93. The molecular formula is C14H23N5O5S. The maximum Gasteiger partial charge on any atom is 0.246 e. The molecule has 0 atom stereocenters. The Kier molecular flexibility index (Phi) is 6.14. The normalized spacial score (nSPS) is 16.0. The minimum atomic E-state index is -3.91. The van der Waals surface area contributed by atoms with Crippen LogP contribution in [0.1, 0.15) is 11.5 Å². The number of carbonyl (C=O) groups excluding carboxylic acids is 2. The van der Waals surface area contributed by atoms with Gasteiger partial charge in [0, 0.05) is 26.2 Å². The first-order chi connectivity index (χ1) is 11.7. The lowest BCUT2D eigenvalue weighted by atomic mass is 10.3. The molecule has 0 aliphatic carbocycles. The zero-order chi connectivity index (χ0) is 18.6. The number of hydrogen-bond donors (Lipinski definition) is 2. The summed E-state index contributed by atoms with van der Waals surface area (Å²) in [5.74, 6) is -0.622. The van der Waals surface area contributed by atoms with Crippen LogP contribution >= 0.6 is 0 Å². The molecule has 0 unspecified atom stereocenters. The summed E-state index contributed by atoms with van der Waals surface area (Å²) in [5, 5.41) is 6.01. The summed E-state index contributed by atoms with van der Waals surface area (Å²) in [6, 6.07) is 0. The molecule has 1 saturated heterocycles. The van der Waals surface area contributed by atoms with Crippen molar-refractivity contribution in [1.29, 1.82) is 0 Å². The van der Waals surface area contributed by atoms with E-state index in [9.17, 15) is 18.0 Å². The van der Waals surface area contributed by atoms with Crippen LogP contribution in [0.4, 0.5) is 0 Å². The number of nitrogens with zero attached hydrogens (tertiary/aromatic N) is 3. The van der Waals surface area contributed by atoms with Gasteiger partial charge in [0.15, 0.2) is 5.76 Å². The number of hydrogen-bond acceptors (Lipinski definition) is 7. The fraction of sp³-hybridized carbons (Fsp3) is 0.643. The maximum absolute atomic E-state index is 12.2. The minimum Gasteiger partial charge on any atom is -0.360 e. The second kappa shape index (κ2) is 7.93. The summed E-state index contributed by atoms with van der Waals surface area (Å²) < 4.78 is 31.4. The molecule has 25 heavy (non-hydrogen) atoms. The van der Waals surface area contributed by atoms with E-state index in [-0.39, 0.29) is 28.8 Å². The average molecular weight is 373 g/mol. The molecule has 1 aliphatic heterocycles. The Labute approximate surface area is 146 Å². The molecule has 1 aliphatic rings. The highest BCUT2D eigenvalue weighted by atomic mass is 32.2. The molecule has 2 N–H and O–H groups in total. The van der Waals surface area contributed by atoms with Gasteiger partial charge in [-0.15, -0.1) is 0 Å². The third-order valence-electron chi connectivity index (χ3n) is 3.95. The van der Waals surface area contributed by atoms with Crippen LogP contribution in [0.5, 0.6) is 0 Å². The highest BCUT2D eigenvalue weighted by Gasteiger charge is 2.25. The van der Waals surface area contributed by atoms with Gasteiger partial charge in [-0.1, -0.05) is 5.16 Å². The monoisotopic (exact) mass is 373 g/mol. The maximum atomic E-state index is 12.2. The van der Waals surface area contributed by atoms with Gasteiger partial charge in [0.2, 0.25) is 21.8 Å². The van der Waals surface area contributed by atoms with E-state index in [0.717, 1.165) is 13.1 Å². The van der Waals surface area contributed by atoms with E-state index >= 15 is 0 Å². The first-order valence-electron chi connectivity index (χ1n) is 7.86. The number of amides is 2. The third kappa shape index (κ3) is 5.00. The van der Waals surface area contributed by atoms with Gasteiger partial charge < -0.3 is 19.6 Å². The van der Waals surface area contributed by atoms with E-state index in [0.29, 0.717) is 13.1 Å². The summed E-state index contributed by atoms with van der Waals surface area (Å²) in [5.41, 5.74) is 0.218. The van der Waals surface area contributed by atoms with Crippen LogP contribution in [0.3, 0.4) is 0 Å². The largest absolute Gasteiger partial charge is 0.360 e. The van der Waals surface area contributed by atoms with Crippen LogP contribution in [0.15, 0.2) is 9.42 Å². The van der Waals surface area contributed by atoms with E-state index in [1.165, 1.54) is 13.8 Å². The highest BCUT2D eigenvalue weighted by molar-refractivity contribution is 7.89. The lowest BCUT2D eigenvalue weighted by Crippen LogP contribution is -2.50. The predicted octanol–water partition coefficient (Wildman–Crippen LogP) is -1.54. The lowest BCUT2D eigenvalue weighted by molar-refractivity contribution is -0.133. The molecule has 0 spiro atoms. The summed E-state index contributed by atoms with van der Waals surface area (Å²) in [6.07, 6.45) is 0. The van der Waals surface area contributed by atoms with E-state index in [1.807, 2.05) is 7.05 Å². The van der Waals surface area contributed by atoms with Gasteiger partial charge in [0.1, 0.15) is 10.6 Å². The van der Waals surface area contributed by atoms with Crippen LogP contribution < -0.4 is 10.0 Å². The average Bonchev–Trinajstić information content (AvgIpc) is 2.91. The molecule has 2 rings (SSSR count). The van der Waals surface area contributed by atoms with Crippen molar-refractivity contribution >= 4 is 21.8 Å². The van der Waals surface area contributed by atoms with Crippen molar-refractivity contribution < 1.29 is 22.5 Å². The third-order valence-corrected chi connectivity index (χ3v) is 5.60. The Hall–Kier alpha value is -1.98. The quantitative estimate of drug-likeness (QED) is 0.619. The number of aromatic nitrogens is 1. The second-order valence-corrected chi connectivity index (χ2v) is 7.64. The zero-order valence-electron chi connectivity index (χ0n) is 14.5. The van der Waals surface area contributed by atoms with E-state index in [4.69, 9.17) is 4.52 Å². The number of likely N-dealkylation sites (N-methyl/N-ethyl adjacent to an activating group) is 1. The number of piperazine rings is 1. The van der Waals surface area contributed by atoms with Crippen molar-refractivity contribution in [3.8, 4) is 0 Å². The van der Waals surface area contributed by atoms with Crippen molar-refractivity contribution in [2.75, 3.05) is 46.3 Å². The number of carbonyl (C=O) groups is 2. The summed E-state index contributed by atoms with van der Waals surface area (Å²) in [4.78, 5) is 27.5. The number of nitrogens with one attached hydrogen (secondary N) is 2. The SMILES string of the molecule is Cc1noc(C)c1S(=O)(=O)NCC(=O)NCC(=O)N1CCN(C)CC1. The molecule has 0 bridgehead atoms. The predicted molar refractivity (Wildman–Crippen MR) is 88.3 cm³/mol. The van der Waals surface area contributed by atoms with Crippen LogP contribution in [0.2, 0.25) is 0 Å². The molecular weight excluding hydrogens is 350 g/mol. The van der Waals surface area contributed by atoms with Gasteiger partial charge in [0.05, 0.1) is 13.1 Å². The Balaban J connectivity index is 1.80. The molecule has 0 aromatic carbocycles. The van der Waals surface area contributed by atoms with Gasteiger partial charge >= 0.3 is 0 Å². The number of aryl methyl sites for hydroxylation is 2. The van der Waals surface area contributed by atoms with E-state index in [2.05, 4.69) is 20.1 Å². The van der Waals surface area contributed by atoms with Crippen molar-refractivity contribution in [2.24, 2.45) is 0 Å². The van der Waals surface area contributed by atoms with E-state index < -0.39 is 22.5 Å². The summed E-state index contributed by atoms with van der Waals surface area (Å²) >= 11 is 0. The molecule has 2 heterocycles. The molecule has 10 nitrogen and oxygen atoms in total. The molecule has 140 valence electrons. The summed E-state index contributed by atoms with van der Waals surface area (Å²) in [6.45, 7) is 5.16. The van der Waals surface area contributed by atoms with Crippen LogP contribution in [0, 0.1) is 13.8 Å². The molecule has 1 aromatic heterocycles. The Morgan fingerprint density at radius 1 is 1.16 bits per heavy atom. The standard InChI is InChI=1S/C14H23N5O5S/c1-10-14(11(2)24-17-10)25(22,23)16-8-12(20)15-9-13(21)19-6-4-18(3)5-7-19/h16H,4-9H2,1-3H3,(H,15,20). The topological polar surface area (TPSA) is 125 Å². The Bertz CT molecular complexity index is 717. The molecule has 0 radical (unpaired) electrons. The minimum absolute atomic E-state index is 0.0752. The van der Waals surface area contributed by atoms with Gasteiger partial charge in [-0.25, -0.2) is 13.1 Å². The number of sulfonamides is 1. The van der Waals surface area contributed by atoms with Crippen LogP contribution in [0.25, 0.3) is 0 Å². The zero-order valence-corrected chi connectivity index (χ0v) is 15.4. The molecule has 11 heteroatoms. The van der Waals surface area contributed by atoms with E-state index in [1.54, 1.807) is 4.90 Å². The lowest BCUT2D eigenvalue weighted by Gasteiger charge is -2.32.